The molecule has 3 nitrogen and oxygen atoms in total. The standard InChI is InChI=1S/C11H21NO2/c1-4-10(13)12-8-6-11(5-2,14-3)7-9-12/h4-9H2,1-3H3. The van der Waals surface area contributed by atoms with Crippen molar-refractivity contribution in [1.29, 1.82) is 0 Å². The highest BCUT2D eigenvalue weighted by Gasteiger charge is 2.33. The predicted octanol–water partition coefficient (Wildman–Crippen LogP) is 1.81. The summed E-state index contributed by atoms with van der Waals surface area (Å²) in [6, 6.07) is 0. The van der Waals surface area contributed by atoms with Gasteiger partial charge in [-0.25, -0.2) is 0 Å². The zero-order valence-electron chi connectivity index (χ0n) is 9.51. The summed E-state index contributed by atoms with van der Waals surface area (Å²) in [5.41, 5.74) is 0.0323. The fourth-order valence-electron chi connectivity index (χ4n) is 2.09. The lowest BCUT2D eigenvalue weighted by Crippen LogP contribution is -2.47. The van der Waals surface area contributed by atoms with Gasteiger partial charge in [0.15, 0.2) is 0 Å². The first-order valence-corrected chi connectivity index (χ1v) is 5.50. The average molecular weight is 199 g/mol. The van der Waals surface area contributed by atoms with Crippen LogP contribution in [0.15, 0.2) is 0 Å². The van der Waals surface area contributed by atoms with E-state index in [4.69, 9.17) is 4.74 Å². The Labute approximate surface area is 86.4 Å². The van der Waals surface area contributed by atoms with Gasteiger partial charge < -0.3 is 9.64 Å². The van der Waals surface area contributed by atoms with Crippen molar-refractivity contribution in [2.24, 2.45) is 0 Å². The van der Waals surface area contributed by atoms with E-state index in [1.165, 1.54) is 0 Å². The minimum atomic E-state index is 0.0323. The molecule has 3 heteroatoms. The Kier molecular flexibility index (Phi) is 3.93. The van der Waals surface area contributed by atoms with Gasteiger partial charge >= 0.3 is 0 Å². The van der Waals surface area contributed by atoms with Crippen molar-refractivity contribution >= 4 is 5.91 Å². The number of piperidine rings is 1. The zero-order chi connectivity index (χ0) is 10.6. The van der Waals surface area contributed by atoms with Crippen molar-refractivity contribution in [2.45, 2.75) is 45.1 Å². The lowest BCUT2D eigenvalue weighted by molar-refractivity contribution is -0.136. The third-order valence-electron chi connectivity index (χ3n) is 3.41. The van der Waals surface area contributed by atoms with Gasteiger partial charge in [0, 0.05) is 26.6 Å². The Morgan fingerprint density at radius 3 is 2.29 bits per heavy atom. The summed E-state index contributed by atoms with van der Waals surface area (Å²) in [5.74, 6) is 0.269. The predicted molar refractivity (Wildman–Crippen MR) is 56.1 cm³/mol. The maximum atomic E-state index is 11.4. The van der Waals surface area contributed by atoms with Gasteiger partial charge in [0.05, 0.1) is 5.60 Å². The van der Waals surface area contributed by atoms with Crippen molar-refractivity contribution in [1.82, 2.24) is 4.90 Å². The SMILES string of the molecule is CCC(=O)N1CCC(CC)(OC)CC1. The van der Waals surface area contributed by atoms with Crippen LogP contribution in [0, 0.1) is 0 Å². The molecule has 1 fully saturated rings. The lowest BCUT2D eigenvalue weighted by Gasteiger charge is -2.40. The summed E-state index contributed by atoms with van der Waals surface area (Å²) in [6.45, 7) is 5.78. The quantitative estimate of drug-likeness (QED) is 0.694. The first-order chi connectivity index (χ1) is 6.67. The molecule has 14 heavy (non-hydrogen) atoms. The number of ether oxygens (including phenoxy) is 1. The maximum absolute atomic E-state index is 11.4. The van der Waals surface area contributed by atoms with Crippen LogP contribution in [0.25, 0.3) is 0 Å². The minimum absolute atomic E-state index is 0.0323. The molecule has 0 aromatic rings. The van der Waals surface area contributed by atoms with E-state index >= 15 is 0 Å². The molecule has 1 aliphatic rings. The first kappa shape index (κ1) is 11.5. The van der Waals surface area contributed by atoms with Gasteiger partial charge in [0.25, 0.3) is 0 Å². The number of carbonyl (C=O) groups is 1. The van der Waals surface area contributed by atoms with Crippen molar-refractivity contribution in [2.75, 3.05) is 20.2 Å². The normalized spacial score (nSPS) is 20.9. The molecule has 0 N–H and O–H groups in total. The molecule has 1 aliphatic heterocycles. The van der Waals surface area contributed by atoms with Gasteiger partial charge in [0.2, 0.25) is 5.91 Å². The van der Waals surface area contributed by atoms with Crippen molar-refractivity contribution in [3.05, 3.63) is 0 Å². The lowest BCUT2D eigenvalue weighted by atomic mass is 9.88. The molecule has 1 heterocycles. The number of likely N-dealkylation sites (tertiary alicyclic amines) is 1. The van der Waals surface area contributed by atoms with E-state index in [2.05, 4.69) is 6.92 Å². The molecule has 0 unspecified atom stereocenters. The Balaban J connectivity index is 2.48. The molecule has 0 aromatic carbocycles. The number of rotatable bonds is 3. The van der Waals surface area contributed by atoms with Crippen LogP contribution >= 0.6 is 0 Å². The molecule has 1 rings (SSSR count). The number of nitrogens with zero attached hydrogens (tertiary/aromatic N) is 1. The van der Waals surface area contributed by atoms with Gasteiger partial charge in [-0.2, -0.15) is 0 Å². The zero-order valence-corrected chi connectivity index (χ0v) is 9.51. The van der Waals surface area contributed by atoms with Crippen LogP contribution in [0.2, 0.25) is 0 Å². The molecule has 0 bridgehead atoms. The third-order valence-corrected chi connectivity index (χ3v) is 3.41. The van der Waals surface area contributed by atoms with Crippen molar-refractivity contribution in [3.63, 3.8) is 0 Å². The molecular formula is C11H21NO2. The smallest absolute Gasteiger partial charge is 0.222 e. The van der Waals surface area contributed by atoms with Crippen LogP contribution in [0.1, 0.15) is 39.5 Å². The highest BCUT2D eigenvalue weighted by Crippen LogP contribution is 2.28. The number of amides is 1. The van der Waals surface area contributed by atoms with E-state index in [1.807, 2.05) is 11.8 Å². The van der Waals surface area contributed by atoms with Crippen LogP contribution in [-0.4, -0.2) is 36.6 Å². The molecule has 0 radical (unpaired) electrons. The van der Waals surface area contributed by atoms with Crippen LogP contribution in [0.5, 0.6) is 0 Å². The fourth-order valence-corrected chi connectivity index (χ4v) is 2.09. The minimum Gasteiger partial charge on any atom is -0.378 e. The second kappa shape index (κ2) is 4.78. The molecule has 0 aromatic heterocycles. The molecule has 1 saturated heterocycles. The summed E-state index contributed by atoms with van der Waals surface area (Å²) in [7, 11) is 1.78. The molecule has 1 amide bonds. The van der Waals surface area contributed by atoms with Gasteiger partial charge in [-0.1, -0.05) is 13.8 Å². The van der Waals surface area contributed by atoms with E-state index < -0.39 is 0 Å². The number of methoxy groups -OCH3 is 1. The van der Waals surface area contributed by atoms with Crippen LogP contribution in [-0.2, 0) is 9.53 Å². The summed E-state index contributed by atoms with van der Waals surface area (Å²) < 4.78 is 5.55. The third kappa shape index (κ3) is 2.27. The largest absolute Gasteiger partial charge is 0.378 e. The number of hydrogen-bond donors (Lipinski definition) is 0. The van der Waals surface area contributed by atoms with Gasteiger partial charge in [-0.15, -0.1) is 0 Å². The fraction of sp³-hybridized carbons (Fsp3) is 0.909. The Morgan fingerprint density at radius 2 is 1.93 bits per heavy atom. The second-order valence-electron chi connectivity index (χ2n) is 3.98. The Morgan fingerprint density at radius 1 is 1.36 bits per heavy atom. The van der Waals surface area contributed by atoms with Crippen LogP contribution < -0.4 is 0 Å². The summed E-state index contributed by atoms with van der Waals surface area (Å²) >= 11 is 0. The maximum Gasteiger partial charge on any atom is 0.222 e. The molecular weight excluding hydrogens is 178 g/mol. The molecule has 82 valence electrons. The van der Waals surface area contributed by atoms with E-state index in [-0.39, 0.29) is 11.5 Å². The van der Waals surface area contributed by atoms with Crippen LogP contribution in [0.4, 0.5) is 0 Å². The van der Waals surface area contributed by atoms with Crippen molar-refractivity contribution in [3.8, 4) is 0 Å². The summed E-state index contributed by atoms with van der Waals surface area (Å²) in [5, 5.41) is 0. The monoisotopic (exact) mass is 199 g/mol. The van der Waals surface area contributed by atoms with Crippen molar-refractivity contribution < 1.29 is 9.53 Å². The summed E-state index contributed by atoms with van der Waals surface area (Å²) in [4.78, 5) is 13.4. The molecule has 0 atom stereocenters. The van der Waals surface area contributed by atoms with Crippen LogP contribution in [0.3, 0.4) is 0 Å². The van der Waals surface area contributed by atoms with E-state index in [0.717, 1.165) is 32.4 Å². The Hall–Kier alpha value is -0.570. The van der Waals surface area contributed by atoms with Gasteiger partial charge in [-0.05, 0) is 19.3 Å². The van der Waals surface area contributed by atoms with Gasteiger partial charge in [-0.3, -0.25) is 4.79 Å². The van der Waals surface area contributed by atoms with E-state index in [0.29, 0.717) is 6.42 Å². The highest BCUT2D eigenvalue weighted by atomic mass is 16.5. The topological polar surface area (TPSA) is 29.5 Å². The second-order valence-corrected chi connectivity index (χ2v) is 3.98. The molecule has 0 saturated carbocycles. The molecule has 0 aliphatic carbocycles. The van der Waals surface area contributed by atoms with Gasteiger partial charge in [0.1, 0.15) is 0 Å². The highest BCUT2D eigenvalue weighted by molar-refractivity contribution is 5.75. The van der Waals surface area contributed by atoms with E-state index in [1.54, 1.807) is 7.11 Å². The van der Waals surface area contributed by atoms with E-state index in [9.17, 15) is 4.79 Å². The number of carbonyl (C=O) groups excluding carboxylic acids is 1. The first-order valence-electron chi connectivity index (χ1n) is 5.50. The summed E-state index contributed by atoms with van der Waals surface area (Å²) in [6.07, 6.45) is 3.61. The molecule has 0 spiro atoms. The number of hydrogen-bond acceptors (Lipinski definition) is 2. The average Bonchev–Trinajstić information content (AvgIpc) is 2.28. The Bertz CT molecular complexity index is 189.